The number of hydrogen-bond acceptors (Lipinski definition) is 5. The van der Waals surface area contributed by atoms with Gasteiger partial charge in [0.05, 0.1) is 6.04 Å². The molecule has 1 amide bonds. The molecule has 22 heavy (non-hydrogen) atoms. The van der Waals surface area contributed by atoms with Gasteiger partial charge in [-0.3, -0.25) is 9.78 Å². The number of nitrogens with zero attached hydrogens (tertiary/aromatic N) is 5. The number of aromatic nitrogens is 4. The molecule has 3 rings (SSSR count). The number of pyridine rings is 1. The van der Waals surface area contributed by atoms with Crippen LogP contribution in [-0.2, 0) is 6.42 Å². The minimum absolute atomic E-state index is 0.0885. The summed E-state index contributed by atoms with van der Waals surface area (Å²) in [5.41, 5.74) is 6.31. The monoisotopic (exact) mass is 300 g/mol. The zero-order valence-electron chi connectivity index (χ0n) is 12.4. The fourth-order valence-corrected chi connectivity index (χ4v) is 2.83. The molecule has 3 heterocycles. The van der Waals surface area contributed by atoms with Crippen LogP contribution >= 0.6 is 0 Å². The van der Waals surface area contributed by atoms with Gasteiger partial charge in [-0.15, -0.1) is 5.10 Å². The van der Waals surface area contributed by atoms with Gasteiger partial charge in [-0.25, -0.2) is 9.67 Å². The number of primary amides is 1. The maximum absolute atomic E-state index is 11.1. The first-order chi connectivity index (χ1) is 10.7. The van der Waals surface area contributed by atoms with Crippen molar-refractivity contribution >= 4 is 5.91 Å². The van der Waals surface area contributed by atoms with Crippen LogP contribution < -0.4 is 5.73 Å². The van der Waals surface area contributed by atoms with Crippen molar-refractivity contribution in [2.75, 3.05) is 19.6 Å². The Morgan fingerprint density at radius 1 is 1.36 bits per heavy atom. The molecule has 2 N–H and O–H groups in total. The molecule has 0 bridgehead atoms. The van der Waals surface area contributed by atoms with Crippen molar-refractivity contribution in [3.63, 3.8) is 0 Å². The molecule has 0 unspecified atom stereocenters. The molecule has 7 heteroatoms. The highest BCUT2D eigenvalue weighted by Crippen LogP contribution is 2.20. The fraction of sp³-hybridized carbons (Fsp3) is 0.467. The minimum atomic E-state index is -0.582. The number of likely N-dealkylation sites (tertiary alicyclic amines) is 1. The summed E-state index contributed by atoms with van der Waals surface area (Å²) in [6.07, 6.45) is 6.53. The molecule has 1 aliphatic heterocycles. The van der Waals surface area contributed by atoms with Gasteiger partial charge in [-0.2, -0.15) is 0 Å². The number of nitrogens with two attached hydrogens (primary N) is 1. The highest BCUT2D eigenvalue weighted by molar-refractivity contribution is 5.88. The number of carbonyl (C=O) groups is 1. The molecular weight excluding hydrogens is 280 g/mol. The first kappa shape index (κ1) is 14.6. The summed E-state index contributed by atoms with van der Waals surface area (Å²) in [5.74, 6) is -0.493. The van der Waals surface area contributed by atoms with E-state index in [9.17, 15) is 4.79 Å². The molecule has 116 valence electrons. The molecule has 1 aliphatic rings. The third-order valence-corrected chi connectivity index (χ3v) is 3.99. The first-order valence-corrected chi connectivity index (χ1v) is 7.55. The average molecular weight is 300 g/mol. The van der Waals surface area contributed by atoms with Crippen molar-refractivity contribution in [3.05, 3.63) is 42.2 Å². The molecule has 1 saturated heterocycles. The molecule has 1 atom stereocenters. The van der Waals surface area contributed by atoms with E-state index in [1.54, 1.807) is 11.0 Å². The molecule has 0 spiro atoms. The number of amides is 1. The average Bonchev–Trinajstić information content (AvgIpc) is 3.05. The van der Waals surface area contributed by atoms with Gasteiger partial charge in [0, 0.05) is 31.4 Å². The van der Waals surface area contributed by atoms with Crippen LogP contribution in [0.2, 0.25) is 0 Å². The van der Waals surface area contributed by atoms with Gasteiger partial charge in [-0.1, -0.05) is 6.07 Å². The van der Waals surface area contributed by atoms with Crippen molar-refractivity contribution in [1.29, 1.82) is 0 Å². The van der Waals surface area contributed by atoms with E-state index >= 15 is 0 Å². The normalized spacial score (nSPS) is 19.2. The van der Waals surface area contributed by atoms with E-state index in [1.165, 1.54) is 0 Å². The largest absolute Gasteiger partial charge is 0.363 e. The predicted octanol–water partition coefficient (Wildman–Crippen LogP) is 0.652. The topological polar surface area (TPSA) is 89.9 Å². The highest BCUT2D eigenvalue weighted by Gasteiger charge is 2.22. The van der Waals surface area contributed by atoms with E-state index in [4.69, 9.17) is 5.73 Å². The summed E-state index contributed by atoms with van der Waals surface area (Å²) >= 11 is 0. The standard InChI is InChI=1S/C15H20N6O/c16-14(22)15-18-11-21(19-15)13-5-3-8-20(10-13)9-6-12-4-1-2-7-17-12/h1-2,4,7,11,13H,3,5-6,8-10H2,(H2,16,22)/t13-/m1/s1. The molecule has 0 saturated carbocycles. The predicted molar refractivity (Wildman–Crippen MR) is 81.2 cm³/mol. The third-order valence-electron chi connectivity index (χ3n) is 3.99. The van der Waals surface area contributed by atoms with Gasteiger partial charge >= 0.3 is 0 Å². The lowest BCUT2D eigenvalue weighted by atomic mass is 10.1. The van der Waals surface area contributed by atoms with E-state index in [-0.39, 0.29) is 11.9 Å². The van der Waals surface area contributed by atoms with Crippen LogP contribution in [0.5, 0.6) is 0 Å². The van der Waals surface area contributed by atoms with Crippen molar-refractivity contribution in [3.8, 4) is 0 Å². The Balaban J connectivity index is 1.58. The van der Waals surface area contributed by atoms with Crippen molar-refractivity contribution < 1.29 is 4.79 Å². The van der Waals surface area contributed by atoms with Crippen LogP contribution in [-0.4, -0.2) is 50.2 Å². The Labute approximate surface area is 129 Å². The van der Waals surface area contributed by atoms with E-state index in [0.29, 0.717) is 0 Å². The van der Waals surface area contributed by atoms with Crippen LogP contribution in [0.3, 0.4) is 0 Å². The molecule has 7 nitrogen and oxygen atoms in total. The molecule has 0 aliphatic carbocycles. The fourth-order valence-electron chi connectivity index (χ4n) is 2.83. The Hall–Kier alpha value is -2.28. The van der Waals surface area contributed by atoms with E-state index in [2.05, 4.69) is 26.0 Å². The number of piperidine rings is 1. The van der Waals surface area contributed by atoms with E-state index < -0.39 is 5.91 Å². The van der Waals surface area contributed by atoms with Gasteiger partial charge in [0.25, 0.3) is 5.91 Å². The molecule has 2 aromatic rings. The Morgan fingerprint density at radius 2 is 2.27 bits per heavy atom. The van der Waals surface area contributed by atoms with Crippen LogP contribution in [0.15, 0.2) is 30.7 Å². The smallest absolute Gasteiger partial charge is 0.288 e. The van der Waals surface area contributed by atoms with Crippen LogP contribution in [0.1, 0.15) is 35.2 Å². The summed E-state index contributed by atoms with van der Waals surface area (Å²) in [6, 6.07) is 6.25. The van der Waals surface area contributed by atoms with Crippen LogP contribution in [0, 0.1) is 0 Å². The van der Waals surface area contributed by atoms with Crippen molar-refractivity contribution in [2.45, 2.75) is 25.3 Å². The third kappa shape index (κ3) is 3.48. The molecule has 1 fully saturated rings. The van der Waals surface area contributed by atoms with E-state index in [0.717, 1.165) is 44.6 Å². The summed E-state index contributed by atoms with van der Waals surface area (Å²) in [6.45, 7) is 2.97. The van der Waals surface area contributed by atoms with Crippen molar-refractivity contribution in [2.24, 2.45) is 5.73 Å². The van der Waals surface area contributed by atoms with Gasteiger partial charge in [0.15, 0.2) is 0 Å². The number of carbonyl (C=O) groups excluding carboxylic acids is 1. The molecular formula is C15H20N6O. The second-order valence-electron chi connectivity index (χ2n) is 5.58. The lowest BCUT2D eigenvalue weighted by Gasteiger charge is -2.32. The maximum Gasteiger partial charge on any atom is 0.288 e. The number of hydrogen-bond donors (Lipinski definition) is 1. The second kappa shape index (κ2) is 6.65. The quantitative estimate of drug-likeness (QED) is 0.875. The van der Waals surface area contributed by atoms with Crippen LogP contribution in [0.25, 0.3) is 0 Å². The zero-order valence-corrected chi connectivity index (χ0v) is 12.4. The van der Waals surface area contributed by atoms with Gasteiger partial charge < -0.3 is 10.6 Å². The first-order valence-electron chi connectivity index (χ1n) is 7.55. The highest BCUT2D eigenvalue weighted by atomic mass is 16.1. The Morgan fingerprint density at radius 3 is 3.00 bits per heavy atom. The van der Waals surface area contributed by atoms with Crippen molar-refractivity contribution in [1.82, 2.24) is 24.6 Å². The Bertz CT molecular complexity index is 626. The number of rotatable bonds is 5. The minimum Gasteiger partial charge on any atom is -0.363 e. The zero-order chi connectivity index (χ0) is 15.4. The second-order valence-corrected chi connectivity index (χ2v) is 5.58. The van der Waals surface area contributed by atoms with Crippen LogP contribution in [0.4, 0.5) is 0 Å². The van der Waals surface area contributed by atoms with Gasteiger partial charge in [0.2, 0.25) is 5.82 Å². The maximum atomic E-state index is 11.1. The Kier molecular flexibility index (Phi) is 4.43. The lowest BCUT2D eigenvalue weighted by molar-refractivity contribution is 0.0989. The summed E-state index contributed by atoms with van der Waals surface area (Å²) < 4.78 is 1.77. The molecule has 2 aromatic heterocycles. The molecule has 0 radical (unpaired) electrons. The van der Waals surface area contributed by atoms with Gasteiger partial charge in [0.1, 0.15) is 6.33 Å². The summed E-state index contributed by atoms with van der Waals surface area (Å²) in [7, 11) is 0. The molecule has 0 aromatic carbocycles. The van der Waals surface area contributed by atoms with E-state index in [1.807, 2.05) is 18.3 Å². The summed E-state index contributed by atoms with van der Waals surface area (Å²) in [4.78, 5) is 21.8. The van der Waals surface area contributed by atoms with Gasteiger partial charge in [-0.05, 0) is 31.5 Å². The lowest BCUT2D eigenvalue weighted by Crippen LogP contribution is -2.38. The SMILES string of the molecule is NC(=O)c1ncn([C@@H]2CCCN(CCc3ccccn3)C2)n1. The summed E-state index contributed by atoms with van der Waals surface area (Å²) in [5, 5.41) is 4.18.